The Morgan fingerprint density at radius 1 is 1.04 bits per heavy atom. The number of piperazine rings is 1. The quantitative estimate of drug-likeness (QED) is 0.801. The van der Waals surface area contributed by atoms with Crippen molar-refractivity contribution in [3.8, 4) is 11.4 Å². The monoisotopic (exact) mass is 320 g/mol. The van der Waals surface area contributed by atoms with Crippen molar-refractivity contribution in [2.45, 2.75) is 12.6 Å². The van der Waals surface area contributed by atoms with E-state index < -0.39 is 0 Å². The lowest BCUT2D eigenvalue weighted by molar-refractivity contribution is 0.171. The van der Waals surface area contributed by atoms with Crippen molar-refractivity contribution in [2.24, 2.45) is 0 Å². The van der Waals surface area contributed by atoms with E-state index in [1.807, 2.05) is 36.4 Å². The topological polar surface area (TPSA) is 54.2 Å². The van der Waals surface area contributed by atoms with Gasteiger partial charge in [0.1, 0.15) is 6.04 Å². The van der Waals surface area contributed by atoms with Crippen LogP contribution in [0.3, 0.4) is 0 Å². The van der Waals surface area contributed by atoms with Gasteiger partial charge in [0.05, 0.1) is 0 Å². The summed E-state index contributed by atoms with van der Waals surface area (Å²) in [6, 6.07) is 20.5. The number of rotatable bonds is 4. The molecule has 122 valence electrons. The van der Waals surface area contributed by atoms with Crippen LogP contribution in [0, 0.1) is 0 Å². The van der Waals surface area contributed by atoms with Crippen molar-refractivity contribution in [2.75, 3.05) is 19.6 Å². The van der Waals surface area contributed by atoms with E-state index in [1.54, 1.807) is 0 Å². The molecular weight excluding hydrogens is 300 g/mol. The summed E-state index contributed by atoms with van der Waals surface area (Å²) in [5, 5.41) is 7.60. The standard InChI is InChI=1S/C19H20N4O/c1-3-7-15(8-4-1)13-23-12-11-20-17(14-23)19-21-18(22-24-19)16-9-5-2-6-10-16/h1-10,17,20H,11-14H2. The smallest absolute Gasteiger partial charge is 0.245 e. The van der Waals surface area contributed by atoms with Crippen molar-refractivity contribution in [1.29, 1.82) is 0 Å². The highest BCUT2D eigenvalue weighted by atomic mass is 16.5. The van der Waals surface area contributed by atoms with Gasteiger partial charge in [-0.25, -0.2) is 0 Å². The van der Waals surface area contributed by atoms with Crippen LogP contribution in [0.25, 0.3) is 11.4 Å². The van der Waals surface area contributed by atoms with Gasteiger partial charge in [0, 0.05) is 31.7 Å². The first-order valence-corrected chi connectivity index (χ1v) is 8.27. The van der Waals surface area contributed by atoms with Gasteiger partial charge in [0.2, 0.25) is 11.7 Å². The molecule has 0 radical (unpaired) electrons. The Morgan fingerprint density at radius 2 is 1.79 bits per heavy atom. The van der Waals surface area contributed by atoms with Crippen molar-refractivity contribution in [3.05, 3.63) is 72.1 Å². The van der Waals surface area contributed by atoms with Crippen LogP contribution in [0.1, 0.15) is 17.5 Å². The van der Waals surface area contributed by atoms with E-state index >= 15 is 0 Å². The third-order valence-electron chi connectivity index (χ3n) is 4.28. The number of benzene rings is 2. The van der Waals surface area contributed by atoms with Gasteiger partial charge in [-0.05, 0) is 5.56 Å². The van der Waals surface area contributed by atoms with Crippen LogP contribution in [-0.2, 0) is 6.54 Å². The number of hydrogen-bond acceptors (Lipinski definition) is 5. The summed E-state index contributed by atoms with van der Waals surface area (Å²) in [5.74, 6) is 1.30. The normalized spacial score (nSPS) is 18.6. The zero-order chi connectivity index (χ0) is 16.2. The molecule has 4 rings (SSSR count). The van der Waals surface area contributed by atoms with Crippen molar-refractivity contribution in [3.63, 3.8) is 0 Å². The summed E-state index contributed by atoms with van der Waals surface area (Å²) in [6.07, 6.45) is 0. The molecule has 1 N–H and O–H groups in total. The molecule has 2 heterocycles. The molecule has 1 aliphatic heterocycles. The van der Waals surface area contributed by atoms with Crippen LogP contribution in [-0.4, -0.2) is 34.7 Å². The Bertz CT molecular complexity index is 772. The minimum Gasteiger partial charge on any atom is -0.337 e. The van der Waals surface area contributed by atoms with E-state index in [9.17, 15) is 0 Å². The summed E-state index contributed by atoms with van der Waals surface area (Å²) in [6.45, 7) is 3.75. The zero-order valence-electron chi connectivity index (χ0n) is 13.4. The molecular formula is C19H20N4O. The minimum absolute atomic E-state index is 0.0763. The minimum atomic E-state index is 0.0763. The number of hydrogen-bond donors (Lipinski definition) is 1. The Balaban J connectivity index is 1.45. The van der Waals surface area contributed by atoms with Gasteiger partial charge in [-0.1, -0.05) is 65.8 Å². The highest BCUT2D eigenvalue weighted by Crippen LogP contribution is 2.21. The molecule has 5 nitrogen and oxygen atoms in total. The molecule has 1 aromatic heterocycles. The first-order valence-electron chi connectivity index (χ1n) is 8.27. The molecule has 5 heteroatoms. The maximum absolute atomic E-state index is 5.51. The lowest BCUT2D eigenvalue weighted by Gasteiger charge is -2.31. The Labute approximate surface area is 141 Å². The van der Waals surface area contributed by atoms with Crippen LogP contribution < -0.4 is 5.32 Å². The molecule has 0 bridgehead atoms. The summed E-state index contributed by atoms with van der Waals surface area (Å²) in [7, 11) is 0. The first kappa shape index (κ1) is 15.1. The van der Waals surface area contributed by atoms with E-state index in [0.717, 1.165) is 31.7 Å². The Morgan fingerprint density at radius 3 is 2.58 bits per heavy atom. The van der Waals surface area contributed by atoms with Gasteiger partial charge in [-0.3, -0.25) is 4.90 Å². The van der Waals surface area contributed by atoms with Crippen LogP contribution in [0.2, 0.25) is 0 Å². The summed E-state index contributed by atoms with van der Waals surface area (Å²) in [4.78, 5) is 7.00. The molecule has 0 aliphatic carbocycles. The fraction of sp³-hybridized carbons (Fsp3) is 0.263. The van der Waals surface area contributed by atoms with E-state index in [4.69, 9.17) is 4.52 Å². The highest BCUT2D eigenvalue weighted by molar-refractivity contribution is 5.53. The Kier molecular flexibility index (Phi) is 4.36. The maximum Gasteiger partial charge on any atom is 0.245 e. The van der Waals surface area contributed by atoms with E-state index in [2.05, 4.69) is 44.6 Å². The first-order chi connectivity index (χ1) is 11.9. The predicted octanol–water partition coefficient (Wildman–Crippen LogP) is 2.88. The number of nitrogens with zero attached hydrogens (tertiary/aromatic N) is 3. The van der Waals surface area contributed by atoms with Crippen LogP contribution >= 0.6 is 0 Å². The summed E-state index contributed by atoms with van der Waals surface area (Å²) in [5.41, 5.74) is 2.30. The molecule has 1 saturated heterocycles. The number of aromatic nitrogens is 2. The number of nitrogens with one attached hydrogen (secondary N) is 1. The Hall–Kier alpha value is -2.50. The third kappa shape index (κ3) is 3.37. The average Bonchev–Trinajstić information content (AvgIpc) is 3.14. The van der Waals surface area contributed by atoms with Gasteiger partial charge in [-0.2, -0.15) is 4.98 Å². The second-order valence-corrected chi connectivity index (χ2v) is 6.05. The lowest BCUT2D eigenvalue weighted by Crippen LogP contribution is -2.45. The van der Waals surface area contributed by atoms with Crippen LogP contribution in [0.4, 0.5) is 0 Å². The van der Waals surface area contributed by atoms with Crippen LogP contribution in [0.15, 0.2) is 65.2 Å². The zero-order valence-corrected chi connectivity index (χ0v) is 13.4. The average molecular weight is 320 g/mol. The van der Waals surface area contributed by atoms with E-state index in [-0.39, 0.29) is 6.04 Å². The predicted molar refractivity (Wildman–Crippen MR) is 92.2 cm³/mol. The third-order valence-corrected chi connectivity index (χ3v) is 4.28. The molecule has 1 fully saturated rings. The van der Waals surface area contributed by atoms with Gasteiger partial charge >= 0.3 is 0 Å². The van der Waals surface area contributed by atoms with Crippen molar-refractivity contribution in [1.82, 2.24) is 20.4 Å². The molecule has 24 heavy (non-hydrogen) atoms. The van der Waals surface area contributed by atoms with Crippen molar-refractivity contribution < 1.29 is 4.52 Å². The summed E-state index contributed by atoms with van der Waals surface area (Å²) < 4.78 is 5.51. The second-order valence-electron chi connectivity index (χ2n) is 6.05. The molecule has 3 aromatic rings. The second kappa shape index (κ2) is 6.95. The molecule has 1 unspecified atom stereocenters. The van der Waals surface area contributed by atoms with Gasteiger partial charge in [-0.15, -0.1) is 0 Å². The molecule has 0 saturated carbocycles. The molecule has 1 aliphatic rings. The molecule has 0 spiro atoms. The molecule has 0 amide bonds. The van der Waals surface area contributed by atoms with E-state index in [0.29, 0.717) is 11.7 Å². The van der Waals surface area contributed by atoms with Gasteiger partial charge < -0.3 is 9.84 Å². The van der Waals surface area contributed by atoms with Crippen molar-refractivity contribution >= 4 is 0 Å². The molecule has 2 aromatic carbocycles. The highest BCUT2D eigenvalue weighted by Gasteiger charge is 2.25. The van der Waals surface area contributed by atoms with E-state index in [1.165, 1.54) is 5.56 Å². The largest absolute Gasteiger partial charge is 0.337 e. The molecule has 1 atom stereocenters. The fourth-order valence-electron chi connectivity index (χ4n) is 3.04. The maximum atomic E-state index is 5.51. The van der Waals surface area contributed by atoms with Gasteiger partial charge in [0.15, 0.2) is 0 Å². The lowest BCUT2D eigenvalue weighted by atomic mass is 10.1. The summed E-state index contributed by atoms with van der Waals surface area (Å²) >= 11 is 0. The van der Waals surface area contributed by atoms with Gasteiger partial charge in [0.25, 0.3) is 0 Å². The van der Waals surface area contributed by atoms with Crippen LogP contribution in [0.5, 0.6) is 0 Å². The SMILES string of the molecule is c1ccc(CN2CCNC(c3nc(-c4ccccc4)no3)C2)cc1. The fourth-order valence-corrected chi connectivity index (χ4v) is 3.04.